The van der Waals surface area contributed by atoms with Crippen molar-refractivity contribution in [2.45, 2.75) is 32.2 Å². The molecule has 0 amide bonds. The average molecular weight is 219 g/mol. The standard InChI is InChI=1S/C14H21NO/c1-11(15-2)13-5-3-4-6-14(13)16-10-9-12-7-8-12/h3-6,11-12,15H,7-10H2,1-2H3. The highest BCUT2D eigenvalue weighted by Gasteiger charge is 2.21. The van der Waals surface area contributed by atoms with Gasteiger partial charge in [-0.2, -0.15) is 0 Å². The van der Waals surface area contributed by atoms with Gasteiger partial charge in [-0.05, 0) is 32.4 Å². The second-order valence-electron chi connectivity index (χ2n) is 4.63. The van der Waals surface area contributed by atoms with Crippen LogP contribution >= 0.6 is 0 Å². The summed E-state index contributed by atoms with van der Waals surface area (Å²) in [7, 11) is 1.98. The van der Waals surface area contributed by atoms with Gasteiger partial charge in [0.05, 0.1) is 6.61 Å². The van der Waals surface area contributed by atoms with Crippen LogP contribution in [0, 0.1) is 5.92 Å². The molecule has 16 heavy (non-hydrogen) atoms. The Hall–Kier alpha value is -1.02. The molecule has 0 saturated heterocycles. The van der Waals surface area contributed by atoms with Crippen molar-refractivity contribution >= 4 is 0 Å². The van der Waals surface area contributed by atoms with Gasteiger partial charge in [0.25, 0.3) is 0 Å². The fourth-order valence-electron chi connectivity index (χ4n) is 1.87. The lowest BCUT2D eigenvalue weighted by Gasteiger charge is -2.16. The van der Waals surface area contributed by atoms with E-state index in [4.69, 9.17) is 4.74 Å². The predicted molar refractivity (Wildman–Crippen MR) is 66.8 cm³/mol. The number of para-hydroxylation sites is 1. The van der Waals surface area contributed by atoms with Crippen molar-refractivity contribution in [3.63, 3.8) is 0 Å². The summed E-state index contributed by atoms with van der Waals surface area (Å²) >= 11 is 0. The summed E-state index contributed by atoms with van der Waals surface area (Å²) in [4.78, 5) is 0. The lowest BCUT2D eigenvalue weighted by atomic mass is 10.1. The predicted octanol–water partition coefficient (Wildman–Crippen LogP) is 3.15. The Morgan fingerprint density at radius 3 is 2.81 bits per heavy atom. The average Bonchev–Trinajstić information content (AvgIpc) is 3.13. The summed E-state index contributed by atoms with van der Waals surface area (Å²) in [6.07, 6.45) is 4.01. The van der Waals surface area contributed by atoms with E-state index in [0.29, 0.717) is 6.04 Å². The maximum absolute atomic E-state index is 5.87. The number of hydrogen-bond donors (Lipinski definition) is 1. The zero-order valence-corrected chi connectivity index (χ0v) is 10.2. The quantitative estimate of drug-likeness (QED) is 0.793. The van der Waals surface area contributed by atoms with E-state index in [1.165, 1.54) is 24.8 Å². The van der Waals surface area contributed by atoms with Crippen LogP contribution in [-0.4, -0.2) is 13.7 Å². The molecule has 0 aliphatic heterocycles. The van der Waals surface area contributed by atoms with Crippen LogP contribution < -0.4 is 10.1 Å². The van der Waals surface area contributed by atoms with Crippen LogP contribution in [0.4, 0.5) is 0 Å². The third-order valence-corrected chi connectivity index (χ3v) is 3.30. The number of ether oxygens (including phenoxy) is 1. The van der Waals surface area contributed by atoms with Crippen molar-refractivity contribution in [3.8, 4) is 5.75 Å². The molecule has 2 nitrogen and oxygen atoms in total. The van der Waals surface area contributed by atoms with E-state index in [2.05, 4.69) is 30.4 Å². The molecule has 0 aromatic heterocycles. The topological polar surface area (TPSA) is 21.3 Å². The zero-order chi connectivity index (χ0) is 11.4. The van der Waals surface area contributed by atoms with Crippen molar-refractivity contribution < 1.29 is 4.74 Å². The Morgan fingerprint density at radius 2 is 2.12 bits per heavy atom. The minimum atomic E-state index is 0.345. The van der Waals surface area contributed by atoms with E-state index in [1.54, 1.807) is 0 Å². The largest absolute Gasteiger partial charge is 0.493 e. The van der Waals surface area contributed by atoms with E-state index in [9.17, 15) is 0 Å². The first-order valence-corrected chi connectivity index (χ1v) is 6.20. The molecule has 1 aromatic carbocycles. The monoisotopic (exact) mass is 219 g/mol. The maximum Gasteiger partial charge on any atom is 0.124 e. The van der Waals surface area contributed by atoms with E-state index in [-0.39, 0.29) is 0 Å². The summed E-state index contributed by atoms with van der Waals surface area (Å²) in [5.41, 5.74) is 1.25. The van der Waals surface area contributed by atoms with Crippen LogP contribution in [0.25, 0.3) is 0 Å². The Bertz CT molecular complexity index is 333. The van der Waals surface area contributed by atoms with E-state index < -0.39 is 0 Å². The van der Waals surface area contributed by atoms with Gasteiger partial charge in [0.15, 0.2) is 0 Å². The van der Waals surface area contributed by atoms with Crippen molar-refractivity contribution in [1.82, 2.24) is 5.32 Å². The molecule has 1 saturated carbocycles. The smallest absolute Gasteiger partial charge is 0.124 e. The maximum atomic E-state index is 5.87. The molecule has 1 unspecified atom stereocenters. The van der Waals surface area contributed by atoms with Crippen LogP contribution in [-0.2, 0) is 0 Å². The van der Waals surface area contributed by atoms with Crippen molar-refractivity contribution in [2.75, 3.05) is 13.7 Å². The molecule has 1 aliphatic rings. The Morgan fingerprint density at radius 1 is 1.38 bits per heavy atom. The lowest BCUT2D eigenvalue weighted by molar-refractivity contribution is 0.297. The molecule has 1 atom stereocenters. The Balaban J connectivity index is 1.94. The third-order valence-electron chi connectivity index (χ3n) is 3.30. The zero-order valence-electron chi connectivity index (χ0n) is 10.2. The van der Waals surface area contributed by atoms with Crippen molar-refractivity contribution in [2.24, 2.45) is 5.92 Å². The fourth-order valence-corrected chi connectivity index (χ4v) is 1.87. The fraction of sp³-hybridized carbons (Fsp3) is 0.571. The summed E-state index contributed by atoms with van der Waals surface area (Å²) in [6.45, 7) is 3.02. The molecule has 1 aliphatic carbocycles. The number of hydrogen-bond acceptors (Lipinski definition) is 2. The van der Waals surface area contributed by atoms with Gasteiger partial charge < -0.3 is 10.1 Å². The molecule has 1 fully saturated rings. The second-order valence-corrected chi connectivity index (χ2v) is 4.63. The first-order chi connectivity index (χ1) is 7.81. The number of rotatable bonds is 6. The molecule has 1 aromatic rings. The van der Waals surface area contributed by atoms with Crippen LogP contribution in [0.15, 0.2) is 24.3 Å². The highest BCUT2D eigenvalue weighted by atomic mass is 16.5. The molecule has 0 radical (unpaired) electrons. The SMILES string of the molecule is CNC(C)c1ccccc1OCCC1CC1. The van der Waals surface area contributed by atoms with Crippen LogP contribution in [0.3, 0.4) is 0 Å². The number of nitrogens with one attached hydrogen (secondary N) is 1. The molecule has 0 heterocycles. The second kappa shape index (κ2) is 5.35. The summed E-state index contributed by atoms with van der Waals surface area (Å²) in [5, 5.41) is 3.25. The van der Waals surface area contributed by atoms with Gasteiger partial charge in [-0.1, -0.05) is 31.0 Å². The minimum Gasteiger partial charge on any atom is -0.493 e. The van der Waals surface area contributed by atoms with Gasteiger partial charge in [0, 0.05) is 11.6 Å². The van der Waals surface area contributed by atoms with Gasteiger partial charge in [-0.15, -0.1) is 0 Å². The summed E-state index contributed by atoms with van der Waals surface area (Å²) in [6, 6.07) is 8.65. The molecule has 2 heteroatoms. The molecule has 1 N–H and O–H groups in total. The van der Waals surface area contributed by atoms with Crippen LogP contribution in [0.1, 0.15) is 37.8 Å². The van der Waals surface area contributed by atoms with Gasteiger partial charge >= 0.3 is 0 Å². The van der Waals surface area contributed by atoms with Crippen molar-refractivity contribution in [1.29, 1.82) is 0 Å². The first-order valence-electron chi connectivity index (χ1n) is 6.20. The van der Waals surface area contributed by atoms with Gasteiger partial charge in [-0.3, -0.25) is 0 Å². The molecule has 0 bridgehead atoms. The highest BCUT2D eigenvalue weighted by molar-refractivity contribution is 5.35. The van der Waals surface area contributed by atoms with E-state index in [1.807, 2.05) is 13.1 Å². The summed E-state index contributed by atoms with van der Waals surface area (Å²) < 4.78 is 5.87. The molecular weight excluding hydrogens is 198 g/mol. The summed E-state index contributed by atoms with van der Waals surface area (Å²) in [5.74, 6) is 1.97. The lowest BCUT2D eigenvalue weighted by Crippen LogP contribution is -2.14. The van der Waals surface area contributed by atoms with Gasteiger partial charge in [0.2, 0.25) is 0 Å². The number of benzene rings is 1. The van der Waals surface area contributed by atoms with Crippen molar-refractivity contribution in [3.05, 3.63) is 29.8 Å². The van der Waals surface area contributed by atoms with Gasteiger partial charge in [0.1, 0.15) is 5.75 Å². The van der Waals surface area contributed by atoms with Gasteiger partial charge in [-0.25, -0.2) is 0 Å². The van der Waals surface area contributed by atoms with Crippen LogP contribution in [0.5, 0.6) is 5.75 Å². The highest BCUT2D eigenvalue weighted by Crippen LogP contribution is 2.33. The van der Waals surface area contributed by atoms with E-state index >= 15 is 0 Å². The van der Waals surface area contributed by atoms with Crippen LogP contribution in [0.2, 0.25) is 0 Å². The Labute approximate surface area is 98.0 Å². The normalized spacial score (nSPS) is 17.1. The molecule has 88 valence electrons. The first kappa shape index (κ1) is 11.5. The molecule has 2 rings (SSSR count). The third kappa shape index (κ3) is 2.99. The Kier molecular flexibility index (Phi) is 3.83. The molecular formula is C14H21NO. The molecule has 0 spiro atoms. The minimum absolute atomic E-state index is 0.345. The van der Waals surface area contributed by atoms with E-state index in [0.717, 1.165) is 18.3 Å².